The van der Waals surface area contributed by atoms with Crippen LogP contribution in [0.3, 0.4) is 0 Å². The Morgan fingerprint density at radius 2 is 1.94 bits per heavy atom. The van der Waals surface area contributed by atoms with Crippen LogP contribution in [-0.2, 0) is 11.3 Å². The third-order valence-corrected chi connectivity index (χ3v) is 5.93. The van der Waals surface area contributed by atoms with Crippen LogP contribution in [-0.4, -0.2) is 26.8 Å². The molecule has 5 rings (SSSR count). The van der Waals surface area contributed by atoms with Crippen molar-refractivity contribution in [3.05, 3.63) is 93.5 Å². The van der Waals surface area contributed by atoms with E-state index < -0.39 is 5.97 Å². The molecule has 0 N–H and O–H groups in total. The van der Waals surface area contributed by atoms with Gasteiger partial charge in [-0.05, 0) is 48.4 Å². The Balaban J connectivity index is 1.56. The molecule has 2 aromatic heterocycles. The fourth-order valence-electron chi connectivity index (χ4n) is 4.14. The highest BCUT2D eigenvalue weighted by Crippen LogP contribution is 2.38. The zero-order valence-corrected chi connectivity index (χ0v) is 18.2. The van der Waals surface area contributed by atoms with E-state index >= 15 is 0 Å². The number of carbonyl (C=O) groups is 1. The van der Waals surface area contributed by atoms with Crippen molar-refractivity contribution >= 4 is 11.6 Å². The van der Waals surface area contributed by atoms with Crippen LogP contribution >= 0.6 is 0 Å². The number of rotatable bonds is 6. The van der Waals surface area contributed by atoms with Gasteiger partial charge in [0.25, 0.3) is 5.56 Å². The van der Waals surface area contributed by atoms with Gasteiger partial charge in [0, 0.05) is 18.3 Å². The molecule has 0 aliphatic heterocycles. The highest BCUT2D eigenvalue weighted by molar-refractivity contribution is 5.95. The van der Waals surface area contributed by atoms with E-state index in [0.29, 0.717) is 17.8 Å². The lowest BCUT2D eigenvalue weighted by Gasteiger charge is -2.13. The molecule has 0 radical (unpaired) electrons. The first-order valence-electron chi connectivity index (χ1n) is 11.0. The van der Waals surface area contributed by atoms with E-state index in [0.717, 1.165) is 35.1 Å². The molecule has 1 aliphatic rings. The second kappa shape index (κ2) is 8.40. The topological polar surface area (TPSA) is 89.4 Å². The van der Waals surface area contributed by atoms with Crippen molar-refractivity contribution in [2.45, 2.75) is 32.2 Å². The van der Waals surface area contributed by atoms with Gasteiger partial charge in [-0.1, -0.05) is 42.5 Å². The SMILES string of the molecule is CCOC(=O)c1cnn2c(=O)c(C3CC3)cn(Cc3ccc(-c4ccccc4C#N)cc3)c12. The maximum atomic E-state index is 13.0. The summed E-state index contributed by atoms with van der Waals surface area (Å²) in [4.78, 5) is 25.5. The predicted octanol–water partition coefficient (Wildman–Crippen LogP) is 4.14. The Morgan fingerprint density at radius 1 is 1.18 bits per heavy atom. The number of aromatic nitrogens is 3. The van der Waals surface area contributed by atoms with E-state index in [2.05, 4.69) is 11.2 Å². The third-order valence-electron chi connectivity index (χ3n) is 5.93. The van der Waals surface area contributed by atoms with Gasteiger partial charge in [0.2, 0.25) is 0 Å². The molecule has 1 aliphatic carbocycles. The van der Waals surface area contributed by atoms with Gasteiger partial charge in [-0.3, -0.25) is 4.79 Å². The zero-order chi connectivity index (χ0) is 22.9. The van der Waals surface area contributed by atoms with Gasteiger partial charge in [0.15, 0.2) is 5.65 Å². The van der Waals surface area contributed by atoms with Crippen molar-refractivity contribution in [3.8, 4) is 17.2 Å². The molecule has 33 heavy (non-hydrogen) atoms. The normalized spacial score (nSPS) is 13.1. The quantitative estimate of drug-likeness (QED) is 0.422. The van der Waals surface area contributed by atoms with Gasteiger partial charge in [-0.25, -0.2) is 4.79 Å². The fourth-order valence-corrected chi connectivity index (χ4v) is 4.14. The standard InChI is InChI=1S/C26H22N4O3/c1-2-33-26(32)22-14-28-30-24(22)29(16-23(25(30)31)19-11-12-19)15-17-7-9-18(10-8-17)21-6-4-3-5-20(21)13-27/h3-10,14,16,19H,2,11-12,15H2,1H3. The van der Waals surface area contributed by atoms with Crippen LogP contribution in [0.15, 0.2) is 65.7 Å². The Hall–Kier alpha value is -4.18. The molecule has 0 atom stereocenters. The summed E-state index contributed by atoms with van der Waals surface area (Å²) < 4.78 is 8.41. The summed E-state index contributed by atoms with van der Waals surface area (Å²) >= 11 is 0. The third kappa shape index (κ3) is 3.80. The molecule has 7 nitrogen and oxygen atoms in total. The molecule has 4 aromatic rings. The molecule has 0 amide bonds. The highest BCUT2D eigenvalue weighted by Gasteiger charge is 2.29. The van der Waals surface area contributed by atoms with Gasteiger partial charge >= 0.3 is 5.97 Å². The number of fused-ring (bicyclic) bond motifs is 1. The van der Waals surface area contributed by atoms with E-state index in [-0.39, 0.29) is 23.6 Å². The molecule has 7 heteroatoms. The summed E-state index contributed by atoms with van der Waals surface area (Å²) in [6.07, 6.45) is 5.24. The lowest BCUT2D eigenvalue weighted by atomic mass is 9.99. The van der Waals surface area contributed by atoms with Crippen LogP contribution in [0.25, 0.3) is 16.8 Å². The first kappa shape index (κ1) is 20.7. The van der Waals surface area contributed by atoms with Gasteiger partial charge in [-0.2, -0.15) is 14.9 Å². The second-order valence-corrected chi connectivity index (χ2v) is 8.16. The predicted molar refractivity (Wildman–Crippen MR) is 123 cm³/mol. The number of hydrogen-bond donors (Lipinski definition) is 0. The Labute approximate surface area is 190 Å². The zero-order valence-electron chi connectivity index (χ0n) is 18.2. The average Bonchev–Trinajstić information content (AvgIpc) is 3.58. The number of hydrogen-bond acceptors (Lipinski definition) is 5. The van der Waals surface area contributed by atoms with E-state index in [1.165, 1.54) is 10.7 Å². The number of carbonyl (C=O) groups excluding carboxylic acids is 1. The number of benzene rings is 2. The molecule has 1 saturated carbocycles. The summed E-state index contributed by atoms with van der Waals surface area (Å²) in [5.41, 5.74) is 4.71. The van der Waals surface area contributed by atoms with Gasteiger partial charge in [0.1, 0.15) is 5.56 Å². The maximum absolute atomic E-state index is 13.0. The van der Waals surface area contributed by atoms with Gasteiger partial charge in [0.05, 0.1) is 24.4 Å². The molecule has 2 heterocycles. The number of esters is 1. The van der Waals surface area contributed by atoms with Crippen LogP contribution in [0.5, 0.6) is 0 Å². The van der Waals surface area contributed by atoms with Crippen LogP contribution in [0, 0.1) is 11.3 Å². The summed E-state index contributed by atoms with van der Waals surface area (Å²) in [6, 6.07) is 17.7. The summed E-state index contributed by atoms with van der Waals surface area (Å²) in [5, 5.41) is 13.6. The number of ether oxygens (including phenoxy) is 1. The molecule has 0 saturated heterocycles. The highest BCUT2D eigenvalue weighted by atomic mass is 16.5. The lowest BCUT2D eigenvalue weighted by Crippen LogP contribution is -2.23. The lowest BCUT2D eigenvalue weighted by molar-refractivity contribution is 0.0528. The summed E-state index contributed by atoms with van der Waals surface area (Å²) in [5.74, 6) is -0.253. The van der Waals surface area contributed by atoms with Crippen LogP contribution in [0.2, 0.25) is 0 Å². The van der Waals surface area contributed by atoms with Crippen molar-refractivity contribution in [2.24, 2.45) is 0 Å². The van der Waals surface area contributed by atoms with Crippen molar-refractivity contribution in [1.82, 2.24) is 14.2 Å². The molecule has 0 bridgehead atoms. The monoisotopic (exact) mass is 438 g/mol. The molecule has 2 aromatic carbocycles. The largest absolute Gasteiger partial charge is 0.462 e. The van der Waals surface area contributed by atoms with Crippen LogP contribution in [0.4, 0.5) is 0 Å². The van der Waals surface area contributed by atoms with Crippen molar-refractivity contribution < 1.29 is 9.53 Å². The molecule has 0 spiro atoms. The van der Waals surface area contributed by atoms with Crippen LogP contribution < -0.4 is 5.56 Å². The second-order valence-electron chi connectivity index (χ2n) is 8.16. The fraction of sp³-hybridized carbons (Fsp3) is 0.231. The van der Waals surface area contributed by atoms with Gasteiger partial charge in [-0.15, -0.1) is 0 Å². The summed E-state index contributed by atoms with van der Waals surface area (Å²) in [7, 11) is 0. The summed E-state index contributed by atoms with van der Waals surface area (Å²) in [6.45, 7) is 2.45. The first-order chi connectivity index (χ1) is 16.1. The number of nitriles is 1. The Bertz CT molecular complexity index is 1450. The Kier molecular flexibility index (Phi) is 5.27. The molecular weight excluding hydrogens is 416 g/mol. The Morgan fingerprint density at radius 3 is 2.64 bits per heavy atom. The smallest absolute Gasteiger partial charge is 0.343 e. The van der Waals surface area contributed by atoms with Gasteiger partial charge < -0.3 is 9.30 Å². The molecule has 0 unspecified atom stereocenters. The van der Waals surface area contributed by atoms with Crippen LogP contribution in [0.1, 0.15) is 52.7 Å². The number of nitrogens with zero attached hydrogens (tertiary/aromatic N) is 4. The minimum atomic E-state index is -0.497. The van der Waals surface area contributed by atoms with Crippen molar-refractivity contribution in [1.29, 1.82) is 5.26 Å². The van der Waals surface area contributed by atoms with Crippen molar-refractivity contribution in [2.75, 3.05) is 6.61 Å². The molecule has 1 fully saturated rings. The minimum absolute atomic E-state index is 0.178. The van der Waals surface area contributed by atoms with E-state index in [9.17, 15) is 14.9 Å². The van der Waals surface area contributed by atoms with Crippen molar-refractivity contribution in [3.63, 3.8) is 0 Å². The van der Waals surface area contributed by atoms with E-state index in [4.69, 9.17) is 4.74 Å². The molecular formula is C26H22N4O3. The maximum Gasteiger partial charge on any atom is 0.343 e. The van der Waals surface area contributed by atoms with E-state index in [1.807, 2.05) is 53.2 Å². The minimum Gasteiger partial charge on any atom is -0.462 e. The average molecular weight is 438 g/mol. The van der Waals surface area contributed by atoms with E-state index in [1.54, 1.807) is 13.0 Å². The molecule has 164 valence electrons. The first-order valence-corrected chi connectivity index (χ1v) is 11.0.